The molecular weight excluding hydrogens is 614 g/mol. The van der Waals surface area contributed by atoms with Gasteiger partial charge in [-0.3, -0.25) is 24.6 Å². The van der Waals surface area contributed by atoms with Crippen molar-refractivity contribution < 1.29 is 39.4 Å². The Balaban J connectivity index is 1.27. The number of aliphatic hydroxyl groups excluding tert-OH is 4. The second kappa shape index (κ2) is 14.4. The van der Waals surface area contributed by atoms with Crippen LogP contribution in [0.15, 0.2) is 28.5 Å². The topological polar surface area (TPSA) is 259 Å². The average molecular weight is 652 g/mol. The van der Waals surface area contributed by atoms with Crippen LogP contribution in [0.2, 0.25) is 0 Å². The highest BCUT2D eigenvalue weighted by atomic mass is 32.2. The van der Waals surface area contributed by atoms with E-state index in [-0.39, 0.29) is 31.7 Å². The number of anilines is 1. The van der Waals surface area contributed by atoms with E-state index in [1.54, 1.807) is 11.5 Å². The Bertz CT molecular complexity index is 1530. The molecule has 0 saturated carbocycles. The van der Waals surface area contributed by atoms with Crippen LogP contribution < -0.4 is 17.2 Å². The molecule has 8 N–H and O–H groups in total. The number of thioether (sulfide) groups is 1. The molecule has 2 aliphatic heterocycles. The maximum absolute atomic E-state index is 12.5. The van der Waals surface area contributed by atoms with E-state index < -0.39 is 61.5 Å². The van der Waals surface area contributed by atoms with Gasteiger partial charge in [0.2, 0.25) is 0 Å². The van der Waals surface area contributed by atoms with Crippen LogP contribution in [0.1, 0.15) is 31.0 Å². The zero-order valence-corrected chi connectivity index (χ0v) is 25.2. The molecule has 5 rings (SSSR count). The zero-order chi connectivity index (χ0) is 32.2. The molecule has 2 saturated heterocycles. The number of aliphatic hydroxyl groups is 4. The molecule has 2 fully saturated rings. The molecule has 5 heterocycles. The minimum Gasteiger partial charge on any atom is -0.449 e. The molecule has 45 heavy (non-hydrogen) atoms. The van der Waals surface area contributed by atoms with Crippen LogP contribution in [-0.2, 0) is 19.0 Å². The fourth-order valence-corrected chi connectivity index (χ4v) is 6.33. The molecule has 3 aromatic heterocycles. The smallest absolute Gasteiger partial charge is 0.351 e. The van der Waals surface area contributed by atoms with Gasteiger partial charge in [0.25, 0.3) is 6.47 Å². The van der Waals surface area contributed by atoms with Crippen LogP contribution >= 0.6 is 11.8 Å². The van der Waals surface area contributed by atoms with Gasteiger partial charge in [0.1, 0.15) is 48.3 Å². The first-order valence-electron chi connectivity index (χ1n) is 14.3. The molecule has 0 unspecified atom stereocenters. The van der Waals surface area contributed by atoms with Crippen LogP contribution in [0.25, 0.3) is 11.2 Å². The van der Waals surface area contributed by atoms with E-state index in [1.165, 1.54) is 35.2 Å². The molecule has 0 spiro atoms. The number of hydrogen-bond acceptors (Lipinski definition) is 17. The van der Waals surface area contributed by atoms with Crippen molar-refractivity contribution in [3.8, 4) is 0 Å². The van der Waals surface area contributed by atoms with Crippen molar-refractivity contribution in [1.29, 1.82) is 0 Å². The van der Waals surface area contributed by atoms with E-state index in [9.17, 15) is 30.0 Å². The summed E-state index contributed by atoms with van der Waals surface area (Å²) in [6.45, 7) is 2.63. The first-order chi connectivity index (χ1) is 21.6. The molecule has 8 atom stereocenters. The maximum atomic E-state index is 12.5. The Kier molecular flexibility index (Phi) is 10.6. The zero-order valence-electron chi connectivity index (χ0n) is 24.4. The molecule has 19 heteroatoms. The summed E-state index contributed by atoms with van der Waals surface area (Å²) in [5.41, 5.74) is 12.9. The quantitative estimate of drug-likeness (QED) is 0.0596. The summed E-state index contributed by atoms with van der Waals surface area (Å²) < 4.78 is 19.4. The largest absolute Gasteiger partial charge is 0.449 e. The van der Waals surface area contributed by atoms with Crippen LogP contribution in [0.4, 0.5) is 5.82 Å². The molecule has 3 aromatic rings. The van der Waals surface area contributed by atoms with E-state index >= 15 is 0 Å². The lowest BCUT2D eigenvalue weighted by Gasteiger charge is -2.27. The Morgan fingerprint density at radius 3 is 2.71 bits per heavy atom. The monoisotopic (exact) mass is 651 g/mol. The van der Waals surface area contributed by atoms with Gasteiger partial charge in [-0.2, -0.15) is 4.98 Å². The van der Waals surface area contributed by atoms with Crippen LogP contribution in [0.5, 0.6) is 0 Å². The van der Waals surface area contributed by atoms with Crippen LogP contribution in [-0.4, -0.2) is 130 Å². The molecule has 0 aliphatic carbocycles. The number of nitrogens with two attached hydrogens (primary N) is 2. The van der Waals surface area contributed by atoms with E-state index in [2.05, 4.69) is 19.9 Å². The number of nitrogen functional groups attached to an aromatic ring is 1. The van der Waals surface area contributed by atoms with Crippen molar-refractivity contribution in [1.82, 2.24) is 34.0 Å². The number of aryl methyl sites for hydroxylation is 1. The van der Waals surface area contributed by atoms with Gasteiger partial charge >= 0.3 is 5.69 Å². The number of ether oxygens (including phenoxy) is 3. The van der Waals surface area contributed by atoms with E-state index in [0.29, 0.717) is 40.6 Å². The van der Waals surface area contributed by atoms with Gasteiger partial charge in [0.15, 0.2) is 18.1 Å². The highest BCUT2D eigenvalue weighted by molar-refractivity contribution is 7.99. The second-order valence-electron chi connectivity index (χ2n) is 10.8. The van der Waals surface area contributed by atoms with E-state index in [1.807, 2.05) is 4.90 Å². The molecule has 2 aliphatic rings. The number of fused-ring (bicyclic) bond motifs is 1. The Labute approximate surface area is 260 Å². The fraction of sp³-hybridized carbons (Fsp3) is 0.615. The molecule has 0 aromatic carbocycles. The third-order valence-corrected chi connectivity index (χ3v) is 8.87. The lowest BCUT2D eigenvalue weighted by atomic mass is 10.1. The number of aromatic nitrogens is 6. The van der Waals surface area contributed by atoms with Crippen molar-refractivity contribution in [3.05, 3.63) is 35.0 Å². The summed E-state index contributed by atoms with van der Waals surface area (Å²) in [4.78, 5) is 42.3. The fourth-order valence-electron chi connectivity index (χ4n) is 5.38. The number of nitrogens with zero attached hydrogens (tertiary/aromatic N) is 7. The van der Waals surface area contributed by atoms with Crippen LogP contribution in [0.3, 0.4) is 0 Å². The van der Waals surface area contributed by atoms with Gasteiger partial charge in [-0.15, -0.1) is 11.8 Å². The van der Waals surface area contributed by atoms with Crippen molar-refractivity contribution in [2.45, 2.75) is 73.9 Å². The van der Waals surface area contributed by atoms with Gasteiger partial charge in [0, 0.05) is 44.4 Å². The molecule has 0 bridgehead atoms. The summed E-state index contributed by atoms with van der Waals surface area (Å²) in [5, 5.41) is 41.4. The van der Waals surface area contributed by atoms with Crippen molar-refractivity contribution in [2.75, 3.05) is 37.7 Å². The third-order valence-electron chi connectivity index (χ3n) is 7.86. The Hall–Kier alpha value is -3.27. The van der Waals surface area contributed by atoms with Crippen molar-refractivity contribution in [3.63, 3.8) is 0 Å². The number of carbonyl (C=O) groups excluding carboxylic acids is 1. The van der Waals surface area contributed by atoms with E-state index in [4.69, 9.17) is 25.7 Å². The molecular formula is C26H37N9O9S. The van der Waals surface area contributed by atoms with Gasteiger partial charge in [-0.25, -0.2) is 19.7 Å². The number of imidazole rings is 1. The second-order valence-corrected chi connectivity index (χ2v) is 12.0. The van der Waals surface area contributed by atoms with Gasteiger partial charge in [-0.05, 0) is 6.92 Å². The van der Waals surface area contributed by atoms with Crippen molar-refractivity contribution >= 4 is 35.2 Å². The standard InChI is InChI=1S/C26H37N9O9S/c1-13-20-24(30-10-29-13)35(11-31-20)25-22(40)21(39)15(44-25)7-33(3-2-18(27)42-12-37)4-5-45-17-8-34(26(41)32-23(17)28)19-6-14(38)16(9-36)43-19/h8,10-12,14-16,18-19,21-22,25,36,38-40H,2-7,9,27H2,1H3,(H2,28,32,41)/t14-,15+,16+,18+,19+,21+,22+,25+/m0/s1. The first-order valence-corrected chi connectivity index (χ1v) is 15.3. The highest BCUT2D eigenvalue weighted by Gasteiger charge is 2.45. The van der Waals surface area contributed by atoms with Crippen LogP contribution in [0, 0.1) is 6.92 Å². The summed E-state index contributed by atoms with van der Waals surface area (Å²) >= 11 is 1.32. The van der Waals surface area contributed by atoms with Gasteiger partial charge in [-0.1, -0.05) is 0 Å². The Morgan fingerprint density at radius 2 is 1.98 bits per heavy atom. The van der Waals surface area contributed by atoms with Gasteiger partial charge < -0.3 is 40.4 Å². The summed E-state index contributed by atoms with van der Waals surface area (Å²) in [7, 11) is 0. The maximum Gasteiger partial charge on any atom is 0.351 e. The predicted molar refractivity (Wildman–Crippen MR) is 157 cm³/mol. The molecule has 0 radical (unpaired) electrons. The first kappa shape index (κ1) is 33.1. The van der Waals surface area contributed by atoms with E-state index in [0.717, 1.165) is 0 Å². The lowest BCUT2D eigenvalue weighted by Crippen LogP contribution is -2.42. The number of hydrogen-bond donors (Lipinski definition) is 6. The minimum atomic E-state index is -1.27. The highest BCUT2D eigenvalue weighted by Crippen LogP contribution is 2.33. The summed E-state index contributed by atoms with van der Waals surface area (Å²) in [6, 6.07) is 0. The summed E-state index contributed by atoms with van der Waals surface area (Å²) in [6.07, 6.45) is -2.89. The molecule has 0 amide bonds. The molecule has 246 valence electrons. The third kappa shape index (κ3) is 7.26. The van der Waals surface area contributed by atoms with Crippen molar-refractivity contribution in [2.24, 2.45) is 5.73 Å². The number of carbonyl (C=O) groups is 1. The van der Waals surface area contributed by atoms with Gasteiger partial charge in [0.05, 0.1) is 29.6 Å². The lowest BCUT2D eigenvalue weighted by molar-refractivity contribution is -0.133. The SMILES string of the molecule is Cc1ncnc2c1ncn2[C@@H]1O[C@H](CN(CCSc2cn([C@H]3C[C@H](O)[C@@H](CO)O3)c(=O)nc2N)CC[C@H](N)OC=O)[C@@H](O)[C@H]1O. The molecule has 18 nitrogen and oxygen atoms in total. The normalized spacial score (nSPS) is 27.4. The predicted octanol–water partition coefficient (Wildman–Crippen LogP) is -2.52. The number of rotatable bonds is 14. The minimum absolute atomic E-state index is 0.0265. The average Bonchev–Trinajstić information content (AvgIpc) is 3.69. The summed E-state index contributed by atoms with van der Waals surface area (Å²) in [5.74, 6) is 0.469. The Morgan fingerprint density at radius 1 is 1.18 bits per heavy atom.